The smallest absolute Gasteiger partial charge is 0.238 e. The summed E-state index contributed by atoms with van der Waals surface area (Å²) in [5.41, 5.74) is 2.08. The van der Waals surface area contributed by atoms with Crippen LogP contribution >= 0.6 is 23.4 Å². The number of aliphatic imine (C=N–C) groups is 1. The number of hydrogen-bond donors (Lipinski definition) is 1. The molecule has 1 atom stereocenters. The van der Waals surface area contributed by atoms with Crippen molar-refractivity contribution in [1.82, 2.24) is 4.90 Å². The van der Waals surface area contributed by atoms with Crippen molar-refractivity contribution in [3.8, 4) is 5.75 Å². The highest BCUT2D eigenvalue weighted by Gasteiger charge is 2.35. The first-order chi connectivity index (χ1) is 16.9. The van der Waals surface area contributed by atoms with Crippen LogP contribution in [0.15, 0.2) is 77.8 Å². The number of ether oxygens (including phenoxy) is 1. The third-order valence-corrected chi connectivity index (χ3v) is 6.78. The Morgan fingerprint density at radius 2 is 1.91 bits per heavy atom. The number of amides is 2. The molecule has 2 amide bonds. The van der Waals surface area contributed by atoms with E-state index >= 15 is 0 Å². The maximum atomic E-state index is 13.4. The molecule has 180 valence electrons. The van der Waals surface area contributed by atoms with Gasteiger partial charge in [0.1, 0.15) is 16.8 Å². The fraction of sp³-hybridized carbons (Fsp3) is 0.192. The van der Waals surface area contributed by atoms with E-state index in [1.54, 1.807) is 36.3 Å². The maximum absolute atomic E-state index is 13.4. The van der Waals surface area contributed by atoms with Crippen molar-refractivity contribution in [1.29, 1.82) is 0 Å². The Bertz CT molecular complexity index is 1240. The fourth-order valence-corrected chi connectivity index (χ4v) is 4.82. The highest BCUT2D eigenvalue weighted by molar-refractivity contribution is 8.15. The van der Waals surface area contributed by atoms with Crippen molar-refractivity contribution in [2.24, 2.45) is 4.99 Å². The molecule has 1 heterocycles. The van der Waals surface area contributed by atoms with E-state index in [-0.39, 0.29) is 24.1 Å². The summed E-state index contributed by atoms with van der Waals surface area (Å²) < 4.78 is 18.6. The summed E-state index contributed by atoms with van der Waals surface area (Å²) in [6, 6.07) is 20.1. The fourth-order valence-electron chi connectivity index (χ4n) is 3.51. The highest BCUT2D eigenvalue weighted by atomic mass is 35.5. The Balaban J connectivity index is 1.54. The molecule has 35 heavy (non-hydrogen) atoms. The summed E-state index contributed by atoms with van der Waals surface area (Å²) in [4.78, 5) is 32.3. The van der Waals surface area contributed by atoms with Crippen molar-refractivity contribution in [3.63, 3.8) is 0 Å². The molecule has 1 fully saturated rings. The van der Waals surface area contributed by atoms with Crippen LogP contribution in [0.2, 0.25) is 5.02 Å². The van der Waals surface area contributed by atoms with Gasteiger partial charge in [0, 0.05) is 23.7 Å². The number of halogens is 2. The van der Waals surface area contributed by atoms with E-state index in [0.29, 0.717) is 34.5 Å². The lowest BCUT2D eigenvalue weighted by Gasteiger charge is -2.32. The topological polar surface area (TPSA) is 71.0 Å². The van der Waals surface area contributed by atoms with Gasteiger partial charge in [-0.1, -0.05) is 41.6 Å². The van der Waals surface area contributed by atoms with Gasteiger partial charge in [-0.3, -0.25) is 14.5 Å². The van der Waals surface area contributed by atoms with E-state index in [9.17, 15) is 14.0 Å². The van der Waals surface area contributed by atoms with E-state index in [1.165, 1.54) is 36.0 Å². The number of carbonyl (C=O) groups excluding carboxylic acids is 2. The lowest BCUT2D eigenvalue weighted by atomic mass is 10.1. The van der Waals surface area contributed by atoms with Crippen LogP contribution in [0.25, 0.3) is 0 Å². The van der Waals surface area contributed by atoms with Crippen LogP contribution in [0.5, 0.6) is 5.75 Å². The van der Waals surface area contributed by atoms with Crippen LogP contribution in [0.1, 0.15) is 12.0 Å². The second kappa shape index (κ2) is 11.4. The SMILES string of the molecule is COc1ccc(CCN2C(=O)CC(C(=O)Nc3cccc(Cl)c3)SC2=Nc2ccc(F)cc2)cc1. The third kappa shape index (κ3) is 6.61. The van der Waals surface area contributed by atoms with Crippen LogP contribution < -0.4 is 10.1 Å². The zero-order valence-corrected chi connectivity index (χ0v) is 20.5. The summed E-state index contributed by atoms with van der Waals surface area (Å²) in [6.07, 6.45) is 0.625. The Morgan fingerprint density at radius 3 is 2.60 bits per heavy atom. The summed E-state index contributed by atoms with van der Waals surface area (Å²) in [5, 5.41) is 3.04. The number of rotatable bonds is 7. The van der Waals surface area contributed by atoms with Gasteiger partial charge in [0.2, 0.25) is 11.8 Å². The van der Waals surface area contributed by atoms with E-state index in [2.05, 4.69) is 10.3 Å². The molecule has 3 aromatic carbocycles. The number of benzene rings is 3. The second-order valence-corrected chi connectivity index (χ2v) is 9.43. The molecule has 0 aromatic heterocycles. The Hall–Kier alpha value is -3.36. The molecule has 1 aliphatic heterocycles. The molecule has 6 nitrogen and oxygen atoms in total. The number of nitrogens with one attached hydrogen (secondary N) is 1. The molecule has 0 spiro atoms. The van der Waals surface area contributed by atoms with Crippen molar-refractivity contribution >= 4 is 51.7 Å². The molecular weight excluding hydrogens is 489 g/mol. The standard InChI is InChI=1S/C26H23ClFN3O3S/c1-34-22-11-5-17(6-12-22)13-14-31-24(32)16-23(25(33)29-21-4-2-3-18(27)15-21)35-26(31)30-20-9-7-19(28)8-10-20/h2-12,15,23H,13-14,16H2,1H3,(H,29,33). The average Bonchev–Trinajstić information content (AvgIpc) is 2.85. The maximum Gasteiger partial charge on any atom is 0.238 e. The molecule has 0 radical (unpaired) electrons. The number of nitrogens with zero attached hydrogens (tertiary/aromatic N) is 2. The molecule has 9 heteroatoms. The lowest BCUT2D eigenvalue weighted by molar-refractivity contribution is -0.129. The van der Waals surface area contributed by atoms with Crippen LogP contribution in [0, 0.1) is 5.82 Å². The largest absolute Gasteiger partial charge is 0.497 e. The molecule has 1 N–H and O–H groups in total. The quantitative estimate of drug-likeness (QED) is 0.442. The van der Waals surface area contributed by atoms with Gasteiger partial charge in [-0.25, -0.2) is 9.38 Å². The number of amidine groups is 1. The van der Waals surface area contributed by atoms with Crippen molar-refractivity contribution < 1.29 is 18.7 Å². The van der Waals surface area contributed by atoms with Gasteiger partial charge >= 0.3 is 0 Å². The number of anilines is 1. The molecule has 0 saturated carbocycles. The summed E-state index contributed by atoms with van der Waals surface area (Å²) in [7, 11) is 1.61. The molecule has 0 bridgehead atoms. The number of methoxy groups -OCH3 is 1. The molecule has 3 aromatic rings. The first kappa shape index (κ1) is 24.8. The monoisotopic (exact) mass is 511 g/mol. The normalized spacial score (nSPS) is 16.9. The van der Waals surface area contributed by atoms with Crippen LogP contribution in [0.4, 0.5) is 15.8 Å². The first-order valence-electron chi connectivity index (χ1n) is 10.9. The Morgan fingerprint density at radius 1 is 1.17 bits per heavy atom. The van der Waals surface area contributed by atoms with Gasteiger partial charge in [-0.05, 0) is 66.6 Å². The van der Waals surface area contributed by atoms with E-state index in [0.717, 1.165) is 11.3 Å². The molecular formula is C26H23ClFN3O3S. The average molecular weight is 512 g/mol. The minimum Gasteiger partial charge on any atom is -0.497 e. The van der Waals surface area contributed by atoms with Crippen molar-refractivity contribution in [2.75, 3.05) is 19.0 Å². The molecule has 1 saturated heterocycles. The van der Waals surface area contributed by atoms with E-state index in [1.807, 2.05) is 24.3 Å². The summed E-state index contributed by atoms with van der Waals surface area (Å²) >= 11 is 7.22. The second-order valence-electron chi connectivity index (χ2n) is 7.82. The van der Waals surface area contributed by atoms with Gasteiger partial charge in [0.05, 0.1) is 12.8 Å². The molecule has 0 aliphatic carbocycles. The minimum atomic E-state index is -0.669. The van der Waals surface area contributed by atoms with Crippen molar-refractivity contribution in [3.05, 3.63) is 89.2 Å². The molecule has 1 aliphatic rings. The highest BCUT2D eigenvalue weighted by Crippen LogP contribution is 2.30. The lowest BCUT2D eigenvalue weighted by Crippen LogP contribution is -2.46. The Labute approximate surface area is 212 Å². The zero-order valence-electron chi connectivity index (χ0n) is 18.9. The van der Waals surface area contributed by atoms with Gasteiger partial charge in [0.25, 0.3) is 0 Å². The number of hydrogen-bond acceptors (Lipinski definition) is 5. The zero-order chi connectivity index (χ0) is 24.8. The minimum absolute atomic E-state index is 0.0299. The Kier molecular flexibility index (Phi) is 8.05. The molecule has 1 unspecified atom stereocenters. The van der Waals surface area contributed by atoms with E-state index < -0.39 is 5.25 Å². The molecule has 4 rings (SSSR count). The van der Waals surface area contributed by atoms with Crippen molar-refractivity contribution in [2.45, 2.75) is 18.1 Å². The third-order valence-electron chi connectivity index (χ3n) is 5.36. The summed E-state index contributed by atoms with van der Waals surface area (Å²) in [5.74, 6) is -0.140. The predicted molar refractivity (Wildman–Crippen MR) is 138 cm³/mol. The van der Waals surface area contributed by atoms with Gasteiger partial charge in [-0.2, -0.15) is 0 Å². The number of thioether (sulfide) groups is 1. The predicted octanol–water partition coefficient (Wildman–Crippen LogP) is 5.69. The van der Waals surface area contributed by atoms with Gasteiger partial charge in [0.15, 0.2) is 5.17 Å². The van der Waals surface area contributed by atoms with Gasteiger partial charge < -0.3 is 10.1 Å². The summed E-state index contributed by atoms with van der Waals surface area (Å²) in [6.45, 7) is 0.390. The van der Waals surface area contributed by atoms with Crippen LogP contribution in [0.3, 0.4) is 0 Å². The van der Waals surface area contributed by atoms with Gasteiger partial charge in [-0.15, -0.1) is 0 Å². The number of carbonyl (C=O) groups is 2. The van der Waals surface area contributed by atoms with E-state index in [4.69, 9.17) is 16.3 Å². The van der Waals surface area contributed by atoms with Crippen LogP contribution in [-0.2, 0) is 16.0 Å². The first-order valence-corrected chi connectivity index (χ1v) is 12.2. The van der Waals surface area contributed by atoms with Crippen LogP contribution in [-0.4, -0.2) is 40.8 Å².